The van der Waals surface area contributed by atoms with Gasteiger partial charge in [0.25, 0.3) is 0 Å². The number of aryl methyl sites for hydroxylation is 1. The summed E-state index contributed by atoms with van der Waals surface area (Å²) in [5.41, 5.74) is 1.37. The number of nitrogens with zero attached hydrogens (tertiary/aromatic N) is 1. The van der Waals surface area contributed by atoms with E-state index >= 15 is 0 Å². The lowest BCUT2D eigenvalue weighted by atomic mass is 10.1. The maximum Gasteiger partial charge on any atom is 0.315 e. The van der Waals surface area contributed by atoms with Crippen LogP contribution in [-0.2, 0) is 6.54 Å². The lowest BCUT2D eigenvalue weighted by molar-refractivity contribution is 0.222. The van der Waals surface area contributed by atoms with Gasteiger partial charge in [0, 0.05) is 18.0 Å². The minimum atomic E-state index is -0.244. The van der Waals surface area contributed by atoms with E-state index in [4.69, 9.17) is 0 Å². The molecule has 1 atom stereocenters. The summed E-state index contributed by atoms with van der Waals surface area (Å²) in [6.07, 6.45) is 2.43. The zero-order valence-corrected chi connectivity index (χ0v) is 15.2. The number of halogens is 1. The second-order valence-electron chi connectivity index (χ2n) is 6.42. The molecule has 1 unspecified atom stereocenters. The van der Waals surface area contributed by atoms with Gasteiger partial charge in [0.05, 0.1) is 6.04 Å². The molecule has 2 N–H and O–H groups in total. The number of carbonyl (C=O) groups excluding carboxylic acids is 1. The standard InChI is InChI=1S/C19H24FN3OS/c1-14-6-7-15(11-16(14)20)12-21-19(24)22-13-17(18-5-4-10-25-18)23-8-2-3-9-23/h4-7,10-11,17H,2-3,8-9,12-13H2,1H3,(H2,21,22,24). The summed E-state index contributed by atoms with van der Waals surface area (Å²) in [6, 6.07) is 9.21. The fourth-order valence-corrected chi connectivity index (χ4v) is 3.99. The quantitative estimate of drug-likeness (QED) is 0.821. The van der Waals surface area contributed by atoms with Crippen molar-refractivity contribution in [2.75, 3.05) is 19.6 Å². The molecule has 0 aliphatic carbocycles. The van der Waals surface area contributed by atoms with Gasteiger partial charge < -0.3 is 10.6 Å². The first-order valence-electron chi connectivity index (χ1n) is 8.67. The van der Waals surface area contributed by atoms with Gasteiger partial charge in [0.15, 0.2) is 0 Å². The molecule has 0 radical (unpaired) electrons. The largest absolute Gasteiger partial charge is 0.336 e. The molecule has 6 heteroatoms. The number of hydrogen-bond acceptors (Lipinski definition) is 3. The van der Waals surface area contributed by atoms with Crippen LogP contribution in [0.25, 0.3) is 0 Å². The van der Waals surface area contributed by atoms with E-state index in [-0.39, 0.29) is 17.9 Å². The van der Waals surface area contributed by atoms with Gasteiger partial charge >= 0.3 is 6.03 Å². The summed E-state index contributed by atoms with van der Waals surface area (Å²) < 4.78 is 13.6. The average molecular weight is 361 g/mol. The first-order valence-corrected chi connectivity index (χ1v) is 9.55. The number of nitrogens with one attached hydrogen (secondary N) is 2. The third-order valence-electron chi connectivity index (χ3n) is 4.60. The van der Waals surface area contributed by atoms with Crippen molar-refractivity contribution < 1.29 is 9.18 Å². The van der Waals surface area contributed by atoms with Gasteiger partial charge in [0.1, 0.15) is 5.82 Å². The van der Waals surface area contributed by atoms with Crippen LogP contribution in [0.4, 0.5) is 9.18 Å². The normalized spacial score (nSPS) is 15.9. The van der Waals surface area contributed by atoms with Crippen LogP contribution in [-0.4, -0.2) is 30.6 Å². The van der Waals surface area contributed by atoms with Gasteiger partial charge in [-0.3, -0.25) is 4.90 Å². The van der Waals surface area contributed by atoms with E-state index in [1.165, 1.54) is 23.8 Å². The Labute approximate surface area is 152 Å². The molecule has 2 aromatic rings. The third-order valence-corrected chi connectivity index (χ3v) is 5.57. The molecule has 25 heavy (non-hydrogen) atoms. The summed E-state index contributed by atoms with van der Waals surface area (Å²) in [5, 5.41) is 7.84. The first kappa shape index (κ1) is 17.9. The zero-order valence-electron chi connectivity index (χ0n) is 14.4. The van der Waals surface area contributed by atoms with Crippen LogP contribution in [0.1, 0.15) is 34.9 Å². The lowest BCUT2D eigenvalue weighted by Gasteiger charge is -2.27. The van der Waals surface area contributed by atoms with Crippen LogP contribution in [0.3, 0.4) is 0 Å². The Kier molecular flexibility index (Phi) is 6.04. The molecule has 2 amide bonds. The van der Waals surface area contributed by atoms with Gasteiger partial charge in [0.2, 0.25) is 0 Å². The summed E-state index contributed by atoms with van der Waals surface area (Å²) in [6.45, 7) is 4.77. The van der Waals surface area contributed by atoms with Crippen LogP contribution < -0.4 is 10.6 Å². The first-order chi connectivity index (χ1) is 12.1. The molecular weight excluding hydrogens is 337 g/mol. The second-order valence-corrected chi connectivity index (χ2v) is 7.40. The number of hydrogen-bond donors (Lipinski definition) is 2. The van der Waals surface area contributed by atoms with Crippen LogP contribution >= 0.6 is 11.3 Å². The predicted molar refractivity (Wildman–Crippen MR) is 99.2 cm³/mol. The monoisotopic (exact) mass is 361 g/mol. The highest BCUT2D eigenvalue weighted by atomic mass is 32.1. The Morgan fingerprint density at radius 1 is 1.28 bits per heavy atom. The van der Waals surface area contributed by atoms with Gasteiger partial charge in [-0.05, 0) is 61.5 Å². The summed E-state index contributed by atoms with van der Waals surface area (Å²) >= 11 is 1.73. The number of thiophene rings is 1. The van der Waals surface area contributed by atoms with Gasteiger partial charge in [-0.25, -0.2) is 9.18 Å². The highest BCUT2D eigenvalue weighted by molar-refractivity contribution is 7.10. The van der Waals surface area contributed by atoms with Crippen molar-refractivity contribution >= 4 is 17.4 Å². The molecule has 1 aromatic carbocycles. The van der Waals surface area contributed by atoms with E-state index in [1.54, 1.807) is 24.3 Å². The Hall–Kier alpha value is -1.92. The highest BCUT2D eigenvalue weighted by Gasteiger charge is 2.24. The van der Waals surface area contributed by atoms with Crippen molar-refractivity contribution in [2.24, 2.45) is 0 Å². The topological polar surface area (TPSA) is 44.4 Å². The molecule has 1 aromatic heterocycles. The predicted octanol–water partition coefficient (Wildman–Crippen LogP) is 3.83. The van der Waals surface area contributed by atoms with E-state index in [1.807, 2.05) is 6.07 Å². The molecule has 0 bridgehead atoms. The molecule has 3 rings (SSSR count). The van der Waals surface area contributed by atoms with Crippen LogP contribution in [0.5, 0.6) is 0 Å². The van der Waals surface area contributed by atoms with Gasteiger partial charge in [-0.1, -0.05) is 18.2 Å². The average Bonchev–Trinajstić information content (AvgIpc) is 3.30. The Morgan fingerprint density at radius 2 is 2.08 bits per heavy atom. The zero-order chi connectivity index (χ0) is 17.6. The van der Waals surface area contributed by atoms with E-state index in [9.17, 15) is 9.18 Å². The van der Waals surface area contributed by atoms with E-state index in [0.29, 0.717) is 18.7 Å². The molecule has 1 fully saturated rings. The second kappa shape index (κ2) is 8.45. The molecule has 4 nitrogen and oxygen atoms in total. The lowest BCUT2D eigenvalue weighted by Crippen LogP contribution is -2.41. The molecule has 0 saturated carbocycles. The summed E-state index contributed by atoms with van der Waals surface area (Å²) in [5.74, 6) is -0.244. The van der Waals surface area contributed by atoms with Crippen LogP contribution in [0.15, 0.2) is 35.7 Å². The van der Waals surface area contributed by atoms with Crippen molar-refractivity contribution in [3.05, 3.63) is 57.5 Å². The molecular formula is C19H24FN3OS. The molecule has 2 heterocycles. The smallest absolute Gasteiger partial charge is 0.315 e. The Bertz CT molecular complexity index is 699. The molecule has 134 valence electrons. The number of urea groups is 1. The minimum absolute atomic E-state index is 0.221. The SMILES string of the molecule is Cc1ccc(CNC(=O)NCC(c2cccs2)N2CCCC2)cc1F. The molecule has 0 spiro atoms. The Balaban J connectivity index is 1.51. The van der Waals surface area contributed by atoms with Crippen LogP contribution in [0.2, 0.25) is 0 Å². The number of amides is 2. The van der Waals surface area contributed by atoms with Crippen molar-refractivity contribution in [2.45, 2.75) is 32.4 Å². The van der Waals surface area contributed by atoms with Crippen molar-refractivity contribution in [1.82, 2.24) is 15.5 Å². The minimum Gasteiger partial charge on any atom is -0.336 e. The third kappa shape index (κ3) is 4.80. The number of likely N-dealkylation sites (tertiary alicyclic amines) is 1. The number of benzene rings is 1. The highest BCUT2D eigenvalue weighted by Crippen LogP contribution is 2.27. The van der Waals surface area contributed by atoms with E-state index < -0.39 is 0 Å². The molecule has 1 saturated heterocycles. The van der Waals surface area contributed by atoms with E-state index in [0.717, 1.165) is 18.7 Å². The maximum atomic E-state index is 13.6. The Morgan fingerprint density at radius 3 is 2.76 bits per heavy atom. The van der Waals surface area contributed by atoms with Crippen molar-refractivity contribution in [1.29, 1.82) is 0 Å². The number of rotatable bonds is 6. The number of carbonyl (C=O) groups is 1. The fourth-order valence-electron chi connectivity index (χ4n) is 3.12. The van der Waals surface area contributed by atoms with Crippen molar-refractivity contribution in [3.8, 4) is 0 Å². The maximum absolute atomic E-state index is 13.6. The summed E-state index contributed by atoms with van der Waals surface area (Å²) in [7, 11) is 0. The van der Waals surface area contributed by atoms with Crippen LogP contribution in [0, 0.1) is 12.7 Å². The van der Waals surface area contributed by atoms with Gasteiger partial charge in [-0.2, -0.15) is 0 Å². The van der Waals surface area contributed by atoms with E-state index in [2.05, 4.69) is 33.0 Å². The van der Waals surface area contributed by atoms with Gasteiger partial charge in [-0.15, -0.1) is 11.3 Å². The van der Waals surface area contributed by atoms with Crippen molar-refractivity contribution in [3.63, 3.8) is 0 Å². The summed E-state index contributed by atoms with van der Waals surface area (Å²) in [4.78, 5) is 15.8. The molecule has 1 aliphatic rings. The fraction of sp³-hybridized carbons (Fsp3) is 0.421. The molecule has 1 aliphatic heterocycles.